The van der Waals surface area contributed by atoms with Crippen molar-refractivity contribution in [3.63, 3.8) is 0 Å². The number of aliphatic hydroxyl groups excluding tert-OH is 2. The van der Waals surface area contributed by atoms with E-state index in [1.165, 1.54) is 0 Å². The van der Waals surface area contributed by atoms with Crippen molar-refractivity contribution in [2.75, 3.05) is 59.6 Å². The summed E-state index contributed by atoms with van der Waals surface area (Å²) in [4.78, 5) is 15.4. The fraction of sp³-hybridized carbons (Fsp3) is 0.458. The van der Waals surface area contributed by atoms with Gasteiger partial charge in [-0.2, -0.15) is 0 Å². The minimum atomic E-state index is -0.652. The van der Waals surface area contributed by atoms with Crippen LogP contribution in [0, 0.1) is 0 Å². The Morgan fingerprint density at radius 1 is 0.812 bits per heavy atom. The molecule has 2 aromatic rings. The summed E-state index contributed by atoms with van der Waals surface area (Å²) in [6.07, 6.45) is -0.513. The van der Waals surface area contributed by atoms with Crippen molar-refractivity contribution < 1.29 is 29.2 Å². The molecule has 174 valence electrons. The maximum atomic E-state index is 11.1. The molecule has 2 N–H and O–H groups in total. The molecule has 0 aromatic heterocycles. The lowest BCUT2D eigenvalue weighted by Crippen LogP contribution is -2.51. The average Bonchev–Trinajstić information content (AvgIpc) is 2.83. The first kappa shape index (κ1) is 24.0. The molecule has 2 aromatic carbocycles. The second-order valence-corrected chi connectivity index (χ2v) is 7.84. The zero-order valence-corrected chi connectivity index (χ0v) is 18.4. The maximum Gasteiger partial charge on any atom is 0.161 e. The van der Waals surface area contributed by atoms with Crippen molar-refractivity contribution in [1.82, 2.24) is 9.80 Å². The van der Waals surface area contributed by atoms with Gasteiger partial charge in [-0.1, -0.05) is 24.3 Å². The van der Waals surface area contributed by atoms with E-state index in [0.717, 1.165) is 32.5 Å². The molecule has 0 radical (unpaired) electrons. The number of nitrogens with zero attached hydrogens (tertiary/aromatic N) is 2. The fourth-order valence-corrected chi connectivity index (χ4v) is 3.68. The summed E-state index contributed by atoms with van der Waals surface area (Å²) in [7, 11) is 1.59. The molecule has 2 unspecified atom stereocenters. The first-order chi connectivity index (χ1) is 15.6. The van der Waals surface area contributed by atoms with Gasteiger partial charge in [-0.25, -0.2) is 0 Å². The predicted molar refractivity (Wildman–Crippen MR) is 121 cm³/mol. The summed E-state index contributed by atoms with van der Waals surface area (Å²) in [6.45, 7) is 4.53. The van der Waals surface area contributed by atoms with E-state index < -0.39 is 12.2 Å². The monoisotopic (exact) mass is 444 g/mol. The molecule has 3 rings (SSSR count). The van der Waals surface area contributed by atoms with Gasteiger partial charge in [0.25, 0.3) is 0 Å². The predicted octanol–water partition coefficient (Wildman–Crippen LogP) is 1.30. The van der Waals surface area contributed by atoms with Crippen LogP contribution in [0.1, 0.15) is 10.4 Å². The third-order valence-electron chi connectivity index (χ3n) is 5.38. The highest BCUT2D eigenvalue weighted by molar-refractivity contribution is 5.79. The van der Waals surface area contributed by atoms with Gasteiger partial charge in [0, 0.05) is 39.3 Å². The van der Waals surface area contributed by atoms with Crippen LogP contribution in [0.4, 0.5) is 0 Å². The van der Waals surface area contributed by atoms with Crippen LogP contribution in [0.2, 0.25) is 0 Å². The third kappa shape index (κ3) is 7.20. The molecule has 8 heteroatoms. The summed E-state index contributed by atoms with van der Waals surface area (Å²) >= 11 is 0. The second kappa shape index (κ2) is 12.4. The maximum absolute atomic E-state index is 11.1. The van der Waals surface area contributed by atoms with Gasteiger partial charge < -0.3 is 24.4 Å². The zero-order chi connectivity index (χ0) is 22.8. The Kier molecular flexibility index (Phi) is 9.30. The van der Waals surface area contributed by atoms with E-state index in [2.05, 4.69) is 9.80 Å². The fourth-order valence-electron chi connectivity index (χ4n) is 3.68. The summed E-state index contributed by atoms with van der Waals surface area (Å²) < 4.78 is 16.6. The molecule has 1 saturated heterocycles. The summed E-state index contributed by atoms with van der Waals surface area (Å²) in [5, 5.41) is 20.7. The number of methoxy groups -OCH3 is 1. The number of hydrogen-bond donors (Lipinski definition) is 2. The lowest BCUT2D eigenvalue weighted by Gasteiger charge is -2.36. The average molecular weight is 445 g/mol. The molecular weight excluding hydrogens is 412 g/mol. The number of benzene rings is 2. The summed E-state index contributed by atoms with van der Waals surface area (Å²) in [5.74, 6) is 1.74. The molecule has 1 aliphatic rings. The molecule has 1 fully saturated rings. The Morgan fingerprint density at radius 3 is 1.81 bits per heavy atom. The molecule has 0 saturated carbocycles. The van der Waals surface area contributed by atoms with Crippen LogP contribution < -0.4 is 14.2 Å². The topological polar surface area (TPSA) is 91.7 Å². The molecule has 1 heterocycles. The van der Waals surface area contributed by atoms with Gasteiger partial charge in [0.15, 0.2) is 17.8 Å². The van der Waals surface area contributed by atoms with Crippen LogP contribution in [-0.4, -0.2) is 98.1 Å². The Labute approximate surface area is 188 Å². The van der Waals surface area contributed by atoms with E-state index in [-0.39, 0.29) is 13.2 Å². The highest BCUT2D eigenvalue weighted by atomic mass is 16.5. The minimum absolute atomic E-state index is 0.129. The Balaban J connectivity index is 1.34. The van der Waals surface area contributed by atoms with Crippen molar-refractivity contribution in [2.45, 2.75) is 12.2 Å². The van der Waals surface area contributed by atoms with Gasteiger partial charge in [-0.15, -0.1) is 0 Å². The lowest BCUT2D eigenvalue weighted by molar-refractivity contribution is 0.0237. The Morgan fingerprint density at radius 2 is 1.28 bits per heavy atom. The van der Waals surface area contributed by atoms with Gasteiger partial charge in [-0.3, -0.25) is 14.6 Å². The van der Waals surface area contributed by atoms with Crippen molar-refractivity contribution >= 4 is 6.29 Å². The van der Waals surface area contributed by atoms with E-state index in [4.69, 9.17) is 14.2 Å². The van der Waals surface area contributed by atoms with Crippen molar-refractivity contribution in [3.05, 3.63) is 54.1 Å². The van der Waals surface area contributed by atoms with Crippen molar-refractivity contribution in [3.8, 4) is 17.2 Å². The number of carbonyl (C=O) groups is 1. The SMILES string of the molecule is COc1ccccc1OCC(O)CN1CCN(CC(O)COc2ccccc2C=O)CC1. The summed E-state index contributed by atoms with van der Waals surface area (Å²) in [5.41, 5.74) is 0.474. The minimum Gasteiger partial charge on any atom is -0.493 e. The number of ether oxygens (including phenoxy) is 3. The number of carbonyl (C=O) groups excluding carboxylic acids is 1. The number of para-hydroxylation sites is 3. The van der Waals surface area contributed by atoms with Crippen molar-refractivity contribution in [1.29, 1.82) is 0 Å². The first-order valence-corrected chi connectivity index (χ1v) is 10.8. The van der Waals surface area contributed by atoms with E-state index in [1.54, 1.807) is 31.4 Å². The van der Waals surface area contributed by atoms with Crippen LogP contribution in [0.5, 0.6) is 17.2 Å². The van der Waals surface area contributed by atoms with Crippen molar-refractivity contribution in [2.24, 2.45) is 0 Å². The Bertz CT molecular complexity index is 841. The molecule has 2 atom stereocenters. The van der Waals surface area contributed by atoms with E-state index in [1.807, 2.05) is 24.3 Å². The lowest BCUT2D eigenvalue weighted by atomic mass is 10.2. The third-order valence-corrected chi connectivity index (χ3v) is 5.38. The molecule has 1 aliphatic heterocycles. The van der Waals surface area contributed by atoms with Crippen LogP contribution in [0.15, 0.2) is 48.5 Å². The molecule has 0 spiro atoms. The second-order valence-electron chi connectivity index (χ2n) is 7.84. The zero-order valence-electron chi connectivity index (χ0n) is 18.4. The van der Waals surface area contributed by atoms with Crippen LogP contribution >= 0.6 is 0 Å². The normalized spacial score (nSPS) is 16.8. The highest BCUT2D eigenvalue weighted by Gasteiger charge is 2.22. The molecule has 0 aliphatic carbocycles. The van der Waals surface area contributed by atoms with Gasteiger partial charge in [0.2, 0.25) is 0 Å². The van der Waals surface area contributed by atoms with Gasteiger partial charge in [0.05, 0.1) is 12.7 Å². The van der Waals surface area contributed by atoms with E-state index >= 15 is 0 Å². The number of β-amino-alcohol motifs (C(OH)–C–C–N with tert-alkyl or cyclic N) is 2. The highest BCUT2D eigenvalue weighted by Crippen LogP contribution is 2.25. The van der Waals surface area contributed by atoms with Crippen LogP contribution in [-0.2, 0) is 0 Å². The number of piperazine rings is 1. The number of aldehydes is 1. The van der Waals surface area contributed by atoms with Gasteiger partial charge in [0.1, 0.15) is 31.2 Å². The summed E-state index contributed by atoms with van der Waals surface area (Å²) in [6, 6.07) is 14.3. The molecule has 0 amide bonds. The molecule has 8 nitrogen and oxygen atoms in total. The van der Waals surface area contributed by atoms with Gasteiger partial charge in [-0.05, 0) is 24.3 Å². The number of aliphatic hydroxyl groups is 2. The van der Waals surface area contributed by atoms with Gasteiger partial charge >= 0.3 is 0 Å². The van der Waals surface area contributed by atoms with E-state index in [0.29, 0.717) is 35.9 Å². The molecule has 32 heavy (non-hydrogen) atoms. The van der Waals surface area contributed by atoms with Crippen LogP contribution in [0.25, 0.3) is 0 Å². The standard InChI is InChI=1S/C24H32N2O6/c1-30-23-8-4-5-9-24(23)32-18-21(29)15-26-12-10-25(11-13-26)14-20(28)17-31-22-7-3-2-6-19(22)16-27/h2-9,16,20-21,28-29H,10-15,17-18H2,1H3. The first-order valence-electron chi connectivity index (χ1n) is 10.8. The molecule has 0 bridgehead atoms. The Hall–Kier alpha value is -2.65. The number of rotatable bonds is 12. The smallest absolute Gasteiger partial charge is 0.161 e. The quantitative estimate of drug-likeness (QED) is 0.474. The largest absolute Gasteiger partial charge is 0.493 e. The number of hydrogen-bond acceptors (Lipinski definition) is 8. The van der Waals surface area contributed by atoms with E-state index in [9.17, 15) is 15.0 Å². The van der Waals surface area contributed by atoms with Crippen LogP contribution in [0.3, 0.4) is 0 Å². The molecular formula is C24H32N2O6.